The van der Waals surface area contributed by atoms with Crippen LogP contribution in [-0.2, 0) is 28.7 Å². The van der Waals surface area contributed by atoms with Gasteiger partial charge in [-0.3, -0.25) is 9.59 Å². The lowest BCUT2D eigenvalue weighted by Crippen LogP contribution is -2.68. The quantitative estimate of drug-likeness (QED) is 0.218. The number of aldehydes is 1. The molecule has 0 bridgehead atoms. The molecule has 4 fully saturated rings. The van der Waals surface area contributed by atoms with E-state index in [9.17, 15) is 39.3 Å². The molecule has 4 saturated carbocycles. The van der Waals surface area contributed by atoms with Crippen LogP contribution in [0.1, 0.15) is 95.5 Å². The molecule has 0 radical (unpaired) electrons. The SMILES string of the molecule is COC(=O)C(CO)NC(=O)CCCC(=O)OC1CCC2(C=O)C3CCC4(C)C(c5ccc(=O)oc5)CCC4(O)C3CCC2(O)C1. The number of hydrogen-bond donors (Lipinski definition) is 4. The second-order valence-electron chi connectivity index (χ2n) is 13.8. The van der Waals surface area contributed by atoms with Gasteiger partial charge in [0, 0.05) is 30.7 Å². The number of amides is 1. The molecule has 45 heavy (non-hydrogen) atoms. The van der Waals surface area contributed by atoms with E-state index in [4.69, 9.17) is 9.15 Å². The van der Waals surface area contributed by atoms with Crippen molar-refractivity contribution in [2.24, 2.45) is 22.7 Å². The number of aliphatic hydroxyl groups excluding tert-OH is 1. The van der Waals surface area contributed by atoms with E-state index in [1.807, 2.05) is 0 Å². The lowest BCUT2D eigenvalue weighted by atomic mass is 9.41. The molecular weight excluding hydrogens is 586 g/mol. The average molecular weight is 632 g/mol. The second kappa shape index (κ2) is 12.6. The smallest absolute Gasteiger partial charge is 0.335 e. The number of methoxy groups -OCH3 is 1. The van der Waals surface area contributed by atoms with Gasteiger partial charge in [0.05, 0.1) is 36.6 Å². The molecule has 0 saturated heterocycles. The first-order valence-corrected chi connectivity index (χ1v) is 16.0. The molecule has 0 aliphatic heterocycles. The summed E-state index contributed by atoms with van der Waals surface area (Å²) in [4.78, 5) is 60.9. The van der Waals surface area contributed by atoms with E-state index in [0.717, 1.165) is 25.4 Å². The minimum Gasteiger partial charge on any atom is -0.467 e. The van der Waals surface area contributed by atoms with Crippen LogP contribution in [0.2, 0.25) is 0 Å². The van der Waals surface area contributed by atoms with Gasteiger partial charge < -0.3 is 39.3 Å². The van der Waals surface area contributed by atoms with Crippen molar-refractivity contribution in [3.63, 3.8) is 0 Å². The lowest BCUT2D eigenvalue weighted by molar-refractivity contribution is -0.248. The molecule has 4 N–H and O–H groups in total. The molecule has 0 spiro atoms. The molecule has 1 amide bonds. The zero-order valence-corrected chi connectivity index (χ0v) is 26.0. The Morgan fingerprint density at radius 1 is 1.07 bits per heavy atom. The molecule has 12 nitrogen and oxygen atoms in total. The number of fused-ring (bicyclic) bond motifs is 5. The zero-order valence-electron chi connectivity index (χ0n) is 26.0. The van der Waals surface area contributed by atoms with Gasteiger partial charge in [0.1, 0.15) is 12.4 Å². The topological polar surface area (TPSA) is 190 Å². The van der Waals surface area contributed by atoms with E-state index in [2.05, 4.69) is 17.0 Å². The third-order valence-electron chi connectivity index (χ3n) is 11.9. The van der Waals surface area contributed by atoms with Crippen molar-refractivity contribution < 1.29 is 48.4 Å². The third-order valence-corrected chi connectivity index (χ3v) is 11.9. The molecule has 9 unspecified atom stereocenters. The highest BCUT2D eigenvalue weighted by atomic mass is 16.5. The summed E-state index contributed by atoms with van der Waals surface area (Å²) in [7, 11) is 1.15. The van der Waals surface area contributed by atoms with Crippen LogP contribution in [0.25, 0.3) is 0 Å². The fraction of sp³-hybridized carbons (Fsp3) is 0.727. The first kappa shape index (κ1) is 33.3. The Bertz CT molecular complexity index is 1340. The molecule has 4 aliphatic rings. The molecule has 5 rings (SSSR count). The van der Waals surface area contributed by atoms with Crippen LogP contribution in [0.4, 0.5) is 0 Å². The predicted octanol–water partition coefficient (Wildman–Crippen LogP) is 1.91. The van der Waals surface area contributed by atoms with Crippen molar-refractivity contribution >= 4 is 24.1 Å². The molecule has 0 aromatic carbocycles. The van der Waals surface area contributed by atoms with Crippen LogP contribution in [0.3, 0.4) is 0 Å². The van der Waals surface area contributed by atoms with Crippen LogP contribution in [0, 0.1) is 22.7 Å². The van der Waals surface area contributed by atoms with E-state index < -0.39 is 64.3 Å². The number of carbonyl (C=O) groups excluding carboxylic acids is 4. The fourth-order valence-corrected chi connectivity index (χ4v) is 9.56. The van der Waals surface area contributed by atoms with E-state index >= 15 is 0 Å². The fourth-order valence-electron chi connectivity index (χ4n) is 9.56. The Labute approximate surface area is 261 Å². The number of hydrogen-bond acceptors (Lipinski definition) is 11. The predicted molar refractivity (Wildman–Crippen MR) is 158 cm³/mol. The Morgan fingerprint density at radius 3 is 2.49 bits per heavy atom. The Morgan fingerprint density at radius 2 is 1.82 bits per heavy atom. The van der Waals surface area contributed by atoms with Gasteiger partial charge in [-0.05, 0) is 87.2 Å². The summed E-state index contributed by atoms with van der Waals surface area (Å²) < 4.78 is 15.4. The summed E-state index contributed by atoms with van der Waals surface area (Å²) in [6, 6.07) is 2.01. The van der Waals surface area contributed by atoms with Gasteiger partial charge in [0.2, 0.25) is 5.91 Å². The van der Waals surface area contributed by atoms with Crippen LogP contribution in [-0.4, -0.2) is 76.5 Å². The maximum atomic E-state index is 13.0. The van der Waals surface area contributed by atoms with E-state index in [-0.39, 0.29) is 43.4 Å². The highest BCUT2D eigenvalue weighted by Gasteiger charge is 2.71. The van der Waals surface area contributed by atoms with Crippen molar-refractivity contribution in [2.75, 3.05) is 13.7 Å². The van der Waals surface area contributed by atoms with E-state index in [0.29, 0.717) is 44.9 Å². The standard InChI is InChI=1S/C33H45NO11/c1-30-12-9-23-24(33(30,42)15-11-22(30)20-6-7-27(38)44-18-20)10-14-32(41)16-21(8-13-31(23,32)19-36)45-28(39)5-3-4-26(37)34-25(17-35)29(40)43-2/h6-7,18-19,21-25,35,41-42H,3-5,8-17H2,1-2H3,(H,34,37). The first-order chi connectivity index (χ1) is 21.4. The van der Waals surface area contributed by atoms with Gasteiger partial charge >= 0.3 is 17.6 Å². The summed E-state index contributed by atoms with van der Waals surface area (Å²) in [6.45, 7) is 1.49. The molecule has 248 valence electrons. The normalized spacial score (nSPS) is 37.7. The molecule has 9 atom stereocenters. The van der Waals surface area contributed by atoms with Crippen LogP contribution >= 0.6 is 0 Å². The largest absolute Gasteiger partial charge is 0.467 e. The maximum absolute atomic E-state index is 13.0. The van der Waals surface area contributed by atoms with Gasteiger partial charge in [-0.2, -0.15) is 0 Å². The summed E-state index contributed by atoms with van der Waals surface area (Å²) in [6.07, 6.45) is 6.18. The van der Waals surface area contributed by atoms with Crippen LogP contribution < -0.4 is 10.9 Å². The average Bonchev–Trinajstić information content (AvgIpc) is 3.30. The number of aliphatic hydroxyl groups is 3. The Hall–Kier alpha value is -3.09. The van der Waals surface area contributed by atoms with Gasteiger partial charge in [-0.15, -0.1) is 0 Å². The second-order valence-corrected chi connectivity index (χ2v) is 13.8. The highest BCUT2D eigenvalue weighted by molar-refractivity contribution is 5.84. The van der Waals surface area contributed by atoms with Gasteiger partial charge in [0.25, 0.3) is 0 Å². The van der Waals surface area contributed by atoms with Crippen molar-refractivity contribution in [3.8, 4) is 0 Å². The van der Waals surface area contributed by atoms with Crippen molar-refractivity contribution in [2.45, 2.75) is 113 Å². The highest BCUT2D eigenvalue weighted by Crippen LogP contribution is 2.71. The first-order valence-electron chi connectivity index (χ1n) is 16.0. The molecular formula is C33H45NO11. The number of ether oxygens (including phenoxy) is 2. The summed E-state index contributed by atoms with van der Waals surface area (Å²) in [5.41, 5.74) is -3.49. The summed E-state index contributed by atoms with van der Waals surface area (Å²) in [5, 5.41) is 36.1. The molecule has 1 aromatic rings. The van der Waals surface area contributed by atoms with Crippen molar-refractivity contribution in [1.82, 2.24) is 5.32 Å². The van der Waals surface area contributed by atoms with Gasteiger partial charge in [-0.25, -0.2) is 9.59 Å². The molecule has 4 aliphatic carbocycles. The maximum Gasteiger partial charge on any atom is 0.335 e. The van der Waals surface area contributed by atoms with Crippen molar-refractivity contribution in [3.05, 3.63) is 34.4 Å². The minimum atomic E-state index is -1.38. The number of nitrogens with one attached hydrogen (secondary N) is 1. The Balaban J connectivity index is 1.21. The minimum absolute atomic E-state index is 0.00553. The monoisotopic (exact) mass is 631 g/mol. The zero-order chi connectivity index (χ0) is 32.6. The van der Waals surface area contributed by atoms with Crippen LogP contribution in [0.15, 0.2) is 27.6 Å². The molecule has 12 heteroatoms. The van der Waals surface area contributed by atoms with E-state index in [1.54, 1.807) is 6.07 Å². The summed E-state index contributed by atoms with van der Waals surface area (Å²) >= 11 is 0. The van der Waals surface area contributed by atoms with Gasteiger partial charge in [0.15, 0.2) is 6.04 Å². The van der Waals surface area contributed by atoms with Crippen molar-refractivity contribution in [1.29, 1.82) is 0 Å². The van der Waals surface area contributed by atoms with Crippen LogP contribution in [0.5, 0.6) is 0 Å². The van der Waals surface area contributed by atoms with E-state index in [1.165, 1.54) is 12.3 Å². The number of carbonyl (C=O) groups is 4. The number of rotatable bonds is 10. The molecule has 1 aromatic heterocycles. The van der Waals surface area contributed by atoms with Gasteiger partial charge in [-0.1, -0.05) is 6.92 Å². The number of esters is 2. The third kappa shape index (κ3) is 5.63. The summed E-state index contributed by atoms with van der Waals surface area (Å²) in [5.74, 6) is -2.20. The lowest BCUT2D eigenvalue weighted by Gasteiger charge is -2.65. The Kier molecular flexibility index (Phi) is 9.32. The molecule has 1 heterocycles.